The van der Waals surface area contributed by atoms with E-state index in [-0.39, 0.29) is 18.3 Å². The lowest BCUT2D eigenvalue weighted by Crippen LogP contribution is -2.39. The summed E-state index contributed by atoms with van der Waals surface area (Å²) in [5.74, 6) is 1.60. The number of rotatable bonds is 11. The third-order valence-electron chi connectivity index (χ3n) is 5.05. The van der Waals surface area contributed by atoms with Crippen LogP contribution in [-0.4, -0.2) is 54.8 Å². The van der Waals surface area contributed by atoms with Crippen molar-refractivity contribution in [3.8, 4) is 5.75 Å². The summed E-state index contributed by atoms with van der Waals surface area (Å²) in [4.78, 5) is 23.2. The lowest BCUT2D eigenvalue weighted by molar-refractivity contribution is -0.118. The van der Waals surface area contributed by atoms with Gasteiger partial charge in [-0.05, 0) is 55.6 Å². The van der Waals surface area contributed by atoms with E-state index in [9.17, 15) is 4.79 Å². The van der Waals surface area contributed by atoms with Gasteiger partial charge in [-0.1, -0.05) is 36.8 Å². The number of halogens is 2. The number of thiazole rings is 1. The van der Waals surface area contributed by atoms with Gasteiger partial charge in [-0.15, -0.1) is 24.2 Å². The predicted molar refractivity (Wildman–Crippen MR) is 140 cm³/mol. The van der Waals surface area contributed by atoms with Crippen LogP contribution in [0.5, 0.6) is 5.75 Å². The minimum absolute atomic E-state index is 0. The molecule has 0 unspecified atom stereocenters. The molecule has 9 heteroatoms. The number of benzene rings is 2. The smallest absolute Gasteiger partial charge is 0.229 e. The van der Waals surface area contributed by atoms with E-state index in [0.29, 0.717) is 18.7 Å². The summed E-state index contributed by atoms with van der Waals surface area (Å²) in [6, 6.07) is 13.5. The minimum Gasteiger partial charge on any atom is -0.497 e. The number of amides is 1. The number of thioether (sulfide) groups is 1. The molecule has 0 spiro atoms. The van der Waals surface area contributed by atoms with Crippen molar-refractivity contribution in [1.29, 1.82) is 0 Å². The van der Waals surface area contributed by atoms with Crippen LogP contribution >= 0.6 is 47.1 Å². The van der Waals surface area contributed by atoms with Crippen molar-refractivity contribution in [3.05, 3.63) is 47.5 Å². The Bertz CT molecular complexity index is 995. The number of methoxy groups -OCH3 is 1. The molecule has 1 amide bonds. The van der Waals surface area contributed by atoms with E-state index in [1.807, 2.05) is 47.4 Å². The van der Waals surface area contributed by atoms with E-state index in [2.05, 4.69) is 18.7 Å². The van der Waals surface area contributed by atoms with Gasteiger partial charge in [-0.3, -0.25) is 9.69 Å². The summed E-state index contributed by atoms with van der Waals surface area (Å²) in [6.45, 7) is 7.65. The molecule has 0 aliphatic rings. The van der Waals surface area contributed by atoms with Gasteiger partial charge in [0.05, 0.1) is 17.3 Å². The Labute approximate surface area is 209 Å². The van der Waals surface area contributed by atoms with Gasteiger partial charge >= 0.3 is 0 Å². The highest BCUT2D eigenvalue weighted by atomic mass is 35.5. The highest BCUT2D eigenvalue weighted by Gasteiger charge is 2.20. The molecule has 0 saturated heterocycles. The molecule has 32 heavy (non-hydrogen) atoms. The second-order valence-corrected chi connectivity index (χ2v) is 9.57. The lowest BCUT2D eigenvalue weighted by atomic mass is 10.3. The number of hydrogen-bond acceptors (Lipinski definition) is 6. The molecule has 3 aromatic rings. The number of carbonyl (C=O) groups is 1. The van der Waals surface area contributed by atoms with Crippen LogP contribution in [0.2, 0.25) is 5.02 Å². The summed E-state index contributed by atoms with van der Waals surface area (Å²) >= 11 is 9.15. The monoisotopic (exact) mass is 513 g/mol. The molecule has 0 N–H and O–H groups in total. The average molecular weight is 515 g/mol. The quantitative estimate of drug-likeness (QED) is 0.284. The van der Waals surface area contributed by atoms with Gasteiger partial charge in [0.2, 0.25) is 5.91 Å². The van der Waals surface area contributed by atoms with Gasteiger partial charge in [-0.25, -0.2) is 4.98 Å². The molecular weight excluding hydrogens is 485 g/mol. The van der Waals surface area contributed by atoms with Gasteiger partial charge in [0, 0.05) is 35.2 Å². The number of ether oxygens (including phenoxy) is 1. The number of likely N-dealkylation sites (N-methyl/N-ethyl adjacent to an activating group) is 1. The number of hydrogen-bond donors (Lipinski definition) is 0. The van der Waals surface area contributed by atoms with E-state index in [1.165, 1.54) is 11.3 Å². The summed E-state index contributed by atoms with van der Waals surface area (Å²) < 4.78 is 6.35. The zero-order chi connectivity index (χ0) is 22.2. The number of anilines is 1. The molecule has 0 bridgehead atoms. The highest BCUT2D eigenvalue weighted by molar-refractivity contribution is 7.99. The number of aromatic nitrogens is 1. The third kappa shape index (κ3) is 7.25. The Kier molecular flexibility index (Phi) is 11.1. The first-order valence-corrected chi connectivity index (χ1v) is 12.6. The normalized spacial score (nSPS) is 10.9. The Hall–Kier alpha value is -1.51. The average Bonchev–Trinajstić information content (AvgIpc) is 3.20. The summed E-state index contributed by atoms with van der Waals surface area (Å²) in [6.07, 6.45) is 0.449. The Morgan fingerprint density at radius 3 is 2.50 bits per heavy atom. The molecule has 0 fully saturated rings. The minimum atomic E-state index is 0. The first-order valence-electron chi connectivity index (χ1n) is 10.4. The molecule has 0 aliphatic carbocycles. The molecule has 3 rings (SSSR count). The SMILES string of the molecule is CCN(CC)CCN(C(=O)CCSc1ccc(Cl)cc1)c1nc2ccc(OC)cc2s1.Cl. The predicted octanol–water partition coefficient (Wildman–Crippen LogP) is 6.24. The first kappa shape index (κ1) is 26.7. The van der Waals surface area contributed by atoms with E-state index in [0.717, 1.165) is 50.7 Å². The van der Waals surface area contributed by atoms with Gasteiger partial charge < -0.3 is 9.64 Å². The van der Waals surface area contributed by atoms with Gasteiger partial charge in [0.25, 0.3) is 0 Å². The number of nitrogens with zero attached hydrogens (tertiary/aromatic N) is 3. The zero-order valence-electron chi connectivity index (χ0n) is 18.5. The van der Waals surface area contributed by atoms with E-state index in [1.54, 1.807) is 18.9 Å². The maximum atomic E-state index is 13.2. The van der Waals surface area contributed by atoms with Crippen LogP contribution < -0.4 is 9.64 Å². The maximum absolute atomic E-state index is 13.2. The van der Waals surface area contributed by atoms with Crippen LogP contribution in [0.4, 0.5) is 5.13 Å². The van der Waals surface area contributed by atoms with Crippen molar-refractivity contribution >= 4 is 68.4 Å². The van der Waals surface area contributed by atoms with E-state index >= 15 is 0 Å². The fourth-order valence-electron chi connectivity index (χ4n) is 3.17. The van der Waals surface area contributed by atoms with Crippen molar-refractivity contribution in [2.45, 2.75) is 25.2 Å². The summed E-state index contributed by atoms with van der Waals surface area (Å²) in [7, 11) is 1.65. The fraction of sp³-hybridized carbons (Fsp3) is 0.391. The number of fused-ring (bicyclic) bond motifs is 1. The topological polar surface area (TPSA) is 45.7 Å². The molecule has 0 aliphatic heterocycles. The summed E-state index contributed by atoms with van der Waals surface area (Å²) in [5, 5.41) is 1.47. The van der Waals surface area contributed by atoms with Crippen molar-refractivity contribution in [2.24, 2.45) is 0 Å². The molecule has 2 aromatic carbocycles. The standard InChI is InChI=1S/C23H28ClN3O2S2.ClH/c1-4-26(5-2)13-14-27(22(28)12-15-30-19-9-6-17(24)7-10-19)23-25-20-11-8-18(29-3)16-21(20)31-23;/h6-11,16H,4-5,12-15H2,1-3H3;1H. The van der Waals surface area contributed by atoms with Crippen LogP contribution in [0, 0.1) is 0 Å². The van der Waals surface area contributed by atoms with E-state index in [4.69, 9.17) is 21.3 Å². The molecule has 0 radical (unpaired) electrons. The van der Waals surface area contributed by atoms with Crippen LogP contribution in [0.25, 0.3) is 10.2 Å². The second-order valence-electron chi connectivity index (χ2n) is 6.95. The van der Waals surface area contributed by atoms with Gasteiger partial charge in [-0.2, -0.15) is 0 Å². The van der Waals surface area contributed by atoms with Crippen molar-refractivity contribution < 1.29 is 9.53 Å². The fourth-order valence-corrected chi connectivity index (χ4v) is 5.17. The Morgan fingerprint density at radius 1 is 1.12 bits per heavy atom. The van der Waals surface area contributed by atoms with Crippen LogP contribution in [0.1, 0.15) is 20.3 Å². The summed E-state index contributed by atoms with van der Waals surface area (Å²) in [5.41, 5.74) is 0.886. The van der Waals surface area contributed by atoms with Crippen molar-refractivity contribution in [3.63, 3.8) is 0 Å². The maximum Gasteiger partial charge on any atom is 0.229 e. The van der Waals surface area contributed by atoms with Crippen LogP contribution in [0.15, 0.2) is 47.4 Å². The largest absolute Gasteiger partial charge is 0.497 e. The third-order valence-corrected chi connectivity index (χ3v) is 7.36. The van der Waals surface area contributed by atoms with Gasteiger partial charge in [0.15, 0.2) is 5.13 Å². The molecule has 1 aromatic heterocycles. The molecular formula is C23H29Cl2N3O2S2. The number of carbonyl (C=O) groups excluding carboxylic acids is 1. The van der Waals surface area contributed by atoms with E-state index < -0.39 is 0 Å². The Balaban J connectivity index is 0.00000363. The molecule has 5 nitrogen and oxygen atoms in total. The first-order chi connectivity index (χ1) is 15.0. The Morgan fingerprint density at radius 2 is 1.84 bits per heavy atom. The van der Waals surface area contributed by atoms with Gasteiger partial charge in [0.1, 0.15) is 5.75 Å². The lowest BCUT2D eigenvalue weighted by Gasteiger charge is -2.24. The van der Waals surface area contributed by atoms with Crippen molar-refractivity contribution in [2.75, 3.05) is 43.9 Å². The molecule has 0 saturated carbocycles. The molecule has 0 atom stereocenters. The zero-order valence-corrected chi connectivity index (χ0v) is 21.8. The second kappa shape index (κ2) is 13.3. The van der Waals surface area contributed by atoms with Crippen LogP contribution in [-0.2, 0) is 4.79 Å². The molecule has 174 valence electrons. The van der Waals surface area contributed by atoms with Crippen LogP contribution in [0.3, 0.4) is 0 Å². The highest BCUT2D eigenvalue weighted by Crippen LogP contribution is 2.32. The van der Waals surface area contributed by atoms with Crippen molar-refractivity contribution in [1.82, 2.24) is 9.88 Å². The molecule has 1 heterocycles.